The van der Waals surface area contributed by atoms with Crippen LogP contribution in [0.25, 0.3) is 0 Å². The molecule has 1 aromatic rings. The maximum absolute atomic E-state index is 6.17. The molecule has 0 radical (unpaired) electrons. The predicted octanol–water partition coefficient (Wildman–Crippen LogP) is 3.82. The Morgan fingerprint density at radius 2 is 2.10 bits per heavy atom. The molecular formula is C24H41IN4O2. The maximum Gasteiger partial charge on any atom is 0.191 e. The van der Waals surface area contributed by atoms with Crippen molar-refractivity contribution in [3.05, 3.63) is 29.3 Å². The van der Waals surface area contributed by atoms with Crippen molar-refractivity contribution in [2.24, 2.45) is 16.8 Å². The molecule has 176 valence electrons. The molecule has 6 nitrogen and oxygen atoms in total. The molecule has 0 aliphatic carbocycles. The van der Waals surface area contributed by atoms with Crippen molar-refractivity contribution in [3.63, 3.8) is 0 Å². The van der Waals surface area contributed by atoms with E-state index in [-0.39, 0.29) is 24.0 Å². The quantitative estimate of drug-likeness (QED) is 0.267. The second-order valence-corrected chi connectivity index (χ2v) is 8.84. The second kappa shape index (κ2) is 14.2. The van der Waals surface area contributed by atoms with Gasteiger partial charge >= 0.3 is 0 Å². The van der Waals surface area contributed by atoms with E-state index in [0.717, 1.165) is 56.5 Å². The van der Waals surface area contributed by atoms with Crippen LogP contribution in [0, 0.1) is 18.8 Å². The molecule has 3 rings (SSSR count). The van der Waals surface area contributed by atoms with Crippen molar-refractivity contribution in [2.75, 3.05) is 52.5 Å². The third kappa shape index (κ3) is 9.14. The number of benzene rings is 1. The minimum absolute atomic E-state index is 0. The molecule has 2 fully saturated rings. The van der Waals surface area contributed by atoms with Crippen LogP contribution in [0.5, 0.6) is 5.75 Å². The normalized spacial score (nSPS) is 20.4. The highest BCUT2D eigenvalue weighted by Crippen LogP contribution is 2.23. The number of halogens is 1. The van der Waals surface area contributed by atoms with Crippen LogP contribution < -0.4 is 15.4 Å². The van der Waals surface area contributed by atoms with Gasteiger partial charge < -0.3 is 25.0 Å². The van der Waals surface area contributed by atoms with Crippen molar-refractivity contribution in [1.29, 1.82) is 0 Å². The Kier molecular flexibility index (Phi) is 12.0. The summed E-state index contributed by atoms with van der Waals surface area (Å²) in [4.78, 5) is 7.40. The lowest BCUT2D eigenvalue weighted by molar-refractivity contribution is 0.166. The lowest BCUT2D eigenvalue weighted by atomic mass is 10.1. The van der Waals surface area contributed by atoms with Gasteiger partial charge in [-0.1, -0.05) is 19.1 Å². The van der Waals surface area contributed by atoms with Gasteiger partial charge in [-0.3, -0.25) is 0 Å². The molecule has 0 bridgehead atoms. The first-order valence-corrected chi connectivity index (χ1v) is 11.7. The van der Waals surface area contributed by atoms with Crippen molar-refractivity contribution < 1.29 is 9.47 Å². The lowest BCUT2D eigenvalue weighted by Crippen LogP contribution is -2.41. The fourth-order valence-electron chi connectivity index (χ4n) is 4.10. The third-order valence-electron chi connectivity index (χ3n) is 5.86. The van der Waals surface area contributed by atoms with Crippen molar-refractivity contribution in [3.8, 4) is 5.75 Å². The van der Waals surface area contributed by atoms with Crippen LogP contribution >= 0.6 is 24.0 Å². The summed E-state index contributed by atoms with van der Waals surface area (Å²) in [5, 5.41) is 6.90. The summed E-state index contributed by atoms with van der Waals surface area (Å²) in [5.41, 5.74) is 2.34. The molecule has 0 aromatic heterocycles. The summed E-state index contributed by atoms with van der Waals surface area (Å²) in [5.74, 6) is 2.92. The zero-order valence-corrected chi connectivity index (χ0v) is 21.8. The number of rotatable bonds is 10. The maximum atomic E-state index is 6.17. The standard InChI is InChI=1S/C24H40N4O2.HI/c1-4-25-24(26-14-20(3)16-28-10-5-6-11-28)27-15-22-8-7-19(2)13-23(22)30-18-21-9-12-29-17-21;/h7-8,13,20-21H,4-6,9-12,14-18H2,1-3H3,(H2,25,26,27);1H. The third-order valence-corrected chi connectivity index (χ3v) is 5.86. The van der Waals surface area contributed by atoms with Gasteiger partial charge in [0.15, 0.2) is 5.96 Å². The average molecular weight is 545 g/mol. The minimum Gasteiger partial charge on any atom is -0.493 e. The van der Waals surface area contributed by atoms with Gasteiger partial charge in [-0.25, -0.2) is 4.99 Å². The van der Waals surface area contributed by atoms with Crippen molar-refractivity contribution in [1.82, 2.24) is 15.5 Å². The molecule has 1 aromatic carbocycles. The van der Waals surface area contributed by atoms with Crippen LogP contribution in [0.1, 0.15) is 44.2 Å². The highest BCUT2D eigenvalue weighted by Gasteiger charge is 2.17. The molecule has 2 aliphatic rings. The van der Waals surface area contributed by atoms with Crippen LogP contribution in [-0.2, 0) is 11.3 Å². The SMILES string of the molecule is CCNC(=NCc1ccc(C)cc1OCC1CCOC1)NCC(C)CN1CCCC1.I. The Morgan fingerprint density at radius 3 is 2.81 bits per heavy atom. The second-order valence-electron chi connectivity index (χ2n) is 8.84. The van der Waals surface area contributed by atoms with E-state index in [0.29, 0.717) is 25.0 Å². The van der Waals surface area contributed by atoms with E-state index in [1.54, 1.807) is 0 Å². The number of hydrogen-bond donors (Lipinski definition) is 2. The van der Waals surface area contributed by atoms with E-state index < -0.39 is 0 Å². The number of nitrogens with one attached hydrogen (secondary N) is 2. The lowest BCUT2D eigenvalue weighted by Gasteiger charge is -2.21. The summed E-state index contributed by atoms with van der Waals surface area (Å²) >= 11 is 0. The summed E-state index contributed by atoms with van der Waals surface area (Å²) in [7, 11) is 0. The number of nitrogens with zero attached hydrogens (tertiary/aromatic N) is 2. The Balaban J connectivity index is 0.00000341. The van der Waals surface area contributed by atoms with E-state index in [2.05, 4.69) is 54.5 Å². The Labute approximate surface area is 205 Å². The molecular weight excluding hydrogens is 503 g/mol. The van der Waals surface area contributed by atoms with Crippen LogP contribution in [0.2, 0.25) is 0 Å². The zero-order valence-electron chi connectivity index (χ0n) is 19.5. The van der Waals surface area contributed by atoms with E-state index in [1.165, 1.54) is 31.5 Å². The minimum atomic E-state index is 0. The highest BCUT2D eigenvalue weighted by molar-refractivity contribution is 14.0. The molecule has 0 spiro atoms. The Hall–Kier alpha value is -1.06. The predicted molar refractivity (Wildman–Crippen MR) is 139 cm³/mol. The first kappa shape index (κ1) is 26.2. The summed E-state index contributed by atoms with van der Waals surface area (Å²) < 4.78 is 11.6. The van der Waals surface area contributed by atoms with Crippen LogP contribution in [0.15, 0.2) is 23.2 Å². The molecule has 7 heteroatoms. The molecule has 2 aliphatic heterocycles. The van der Waals surface area contributed by atoms with Crippen LogP contribution in [0.3, 0.4) is 0 Å². The van der Waals surface area contributed by atoms with E-state index >= 15 is 0 Å². The monoisotopic (exact) mass is 544 g/mol. The van der Waals surface area contributed by atoms with Gasteiger partial charge in [0, 0.05) is 37.7 Å². The molecule has 2 heterocycles. The van der Waals surface area contributed by atoms with Gasteiger partial charge in [0.2, 0.25) is 0 Å². The van der Waals surface area contributed by atoms with Crippen molar-refractivity contribution in [2.45, 2.75) is 46.6 Å². The summed E-state index contributed by atoms with van der Waals surface area (Å²) in [6, 6.07) is 6.40. The van der Waals surface area contributed by atoms with Gasteiger partial charge in [-0.15, -0.1) is 24.0 Å². The Morgan fingerprint density at radius 1 is 1.29 bits per heavy atom. The molecule has 2 atom stereocenters. The number of aryl methyl sites for hydroxylation is 1. The first-order chi connectivity index (χ1) is 14.6. The molecule has 0 saturated carbocycles. The van der Waals surface area contributed by atoms with Gasteiger partial charge in [0.25, 0.3) is 0 Å². The highest BCUT2D eigenvalue weighted by atomic mass is 127. The number of hydrogen-bond acceptors (Lipinski definition) is 4. The van der Waals surface area contributed by atoms with E-state index in [1.807, 2.05) is 0 Å². The molecule has 31 heavy (non-hydrogen) atoms. The fourth-order valence-corrected chi connectivity index (χ4v) is 4.10. The number of ether oxygens (including phenoxy) is 2. The Bertz CT molecular complexity index is 674. The average Bonchev–Trinajstić information content (AvgIpc) is 3.43. The van der Waals surface area contributed by atoms with Gasteiger partial charge in [0.05, 0.1) is 19.8 Å². The van der Waals surface area contributed by atoms with Crippen molar-refractivity contribution >= 4 is 29.9 Å². The first-order valence-electron chi connectivity index (χ1n) is 11.7. The largest absolute Gasteiger partial charge is 0.493 e. The van der Waals surface area contributed by atoms with Crippen LogP contribution in [-0.4, -0.2) is 63.4 Å². The summed E-state index contributed by atoms with van der Waals surface area (Å²) in [6.45, 7) is 15.0. The van der Waals surface area contributed by atoms with Gasteiger partial charge in [-0.2, -0.15) is 0 Å². The van der Waals surface area contributed by atoms with Gasteiger partial charge in [-0.05, 0) is 63.7 Å². The number of aliphatic imine (C=N–C) groups is 1. The molecule has 2 unspecified atom stereocenters. The van der Waals surface area contributed by atoms with E-state index in [9.17, 15) is 0 Å². The number of guanidine groups is 1. The molecule has 2 saturated heterocycles. The van der Waals surface area contributed by atoms with E-state index in [4.69, 9.17) is 14.5 Å². The molecule has 2 N–H and O–H groups in total. The fraction of sp³-hybridized carbons (Fsp3) is 0.708. The summed E-state index contributed by atoms with van der Waals surface area (Å²) in [6.07, 6.45) is 3.78. The topological polar surface area (TPSA) is 58.1 Å². The van der Waals surface area contributed by atoms with Crippen LogP contribution in [0.4, 0.5) is 0 Å². The molecule has 0 amide bonds. The van der Waals surface area contributed by atoms with Gasteiger partial charge in [0.1, 0.15) is 5.75 Å². The smallest absolute Gasteiger partial charge is 0.191 e. The number of likely N-dealkylation sites (tertiary alicyclic amines) is 1. The zero-order chi connectivity index (χ0) is 21.2.